The number of halogens is 1. The third-order valence-corrected chi connectivity index (χ3v) is 6.19. The first-order valence-electron chi connectivity index (χ1n) is 11.4. The Balaban J connectivity index is 1.69. The second-order valence-electron chi connectivity index (χ2n) is 8.53. The summed E-state index contributed by atoms with van der Waals surface area (Å²) in [6.07, 6.45) is 1.97. The molecule has 5 heteroatoms. The fourth-order valence-corrected chi connectivity index (χ4v) is 4.29. The smallest absolute Gasteiger partial charge is 0.340 e. The molecule has 0 aliphatic carbocycles. The van der Waals surface area contributed by atoms with Gasteiger partial charge in [-0.15, -0.1) is 0 Å². The van der Waals surface area contributed by atoms with Gasteiger partial charge in [-0.3, -0.25) is 9.78 Å². The van der Waals surface area contributed by atoms with Crippen LogP contribution in [0.2, 0.25) is 0 Å². The average Bonchev–Trinajstić information content (AvgIpc) is 2.87. The molecule has 0 amide bonds. The van der Waals surface area contributed by atoms with E-state index in [1.165, 1.54) is 19.2 Å². The van der Waals surface area contributed by atoms with Crippen molar-refractivity contribution >= 4 is 11.8 Å². The number of Topliss-reactive ketones (excluding diaryl/α,β-unsaturated/α-hetero) is 1. The number of ketones is 1. The van der Waals surface area contributed by atoms with Crippen LogP contribution in [0.4, 0.5) is 4.39 Å². The van der Waals surface area contributed by atoms with Crippen LogP contribution in [0.5, 0.6) is 0 Å². The Morgan fingerprint density at radius 1 is 0.914 bits per heavy atom. The molecule has 0 saturated heterocycles. The molecule has 0 bridgehead atoms. The van der Waals surface area contributed by atoms with Gasteiger partial charge in [0.05, 0.1) is 12.7 Å². The molecule has 0 spiro atoms. The van der Waals surface area contributed by atoms with Crippen LogP contribution in [-0.4, -0.2) is 23.8 Å². The number of ether oxygens (including phenoxy) is 1. The highest BCUT2D eigenvalue weighted by molar-refractivity contribution is 5.97. The molecule has 1 unspecified atom stereocenters. The first-order valence-corrected chi connectivity index (χ1v) is 11.4. The van der Waals surface area contributed by atoms with E-state index in [-0.39, 0.29) is 17.3 Å². The van der Waals surface area contributed by atoms with Crippen LogP contribution >= 0.6 is 0 Å². The molecular formula is C30H26FNO3. The zero-order valence-electron chi connectivity index (χ0n) is 19.9. The average molecular weight is 468 g/mol. The van der Waals surface area contributed by atoms with E-state index in [9.17, 15) is 14.0 Å². The van der Waals surface area contributed by atoms with E-state index >= 15 is 0 Å². The Morgan fingerprint density at radius 2 is 1.63 bits per heavy atom. The van der Waals surface area contributed by atoms with E-state index in [1.807, 2.05) is 62.4 Å². The van der Waals surface area contributed by atoms with Gasteiger partial charge in [-0.05, 0) is 65.9 Å². The SMILES string of the molecule is COC(=O)c1cc(-c2ccc(C(CC(=O)c3ccnc(C)c3)c3ccccc3C)cc2)ccc1F. The third-order valence-electron chi connectivity index (χ3n) is 6.19. The molecule has 0 saturated carbocycles. The van der Waals surface area contributed by atoms with Crippen molar-refractivity contribution in [2.75, 3.05) is 7.11 Å². The number of aromatic nitrogens is 1. The lowest BCUT2D eigenvalue weighted by molar-refractivity contribution is 0.0595. The highest BCUT2D eigenvalue weighted by atomic mass is 19.1. The first kappa shape index (κ1) is 24.0. The molecule has 4 aromatic rings. The molecule has 1 aromatic heterocycles. The Kier molecular flexibility index (Phi) is 7.16. The van der Waals surface area contributed by atoms with Crippen molar-refractivity contribution in [3.8, 4) is 11.1 Å². The third kappa shape index (κ3) is 5.35. The lowest BCUT2D eigenvalue weighted by atomic mass is 9.83. The second-order valence-corrected chi connectivity index (χ2v) is 8.53. The van der Waals surface area contributed by atoms with Crippen LogP contribution in [0.15, 0.2) is 85.1 Å². The normalized spacial score (nSPS) is 11.7. The number of carbonyl (C=O) groups is 2. The predicted octanol–water partition coefficient (Wildman–Crippen LogP) is 6.70. The summed E-state index contributed by atoms with van der Waals surface area (Å²) in [7, 11) is 1.23. The summed E-state index contributed by atoms with van der Waals surface area (Å²) in [4.78, 5) is 29.3. The van der Waals surface area contributed by atoms with Crippen LogP contribution in [0.25, 0.3) is 11.1 Å². The van der Waals surface area contributed by atoms with Gasteiger partial charge in [0.15, 0.2) is 5.78 Å². The van der Waals surface area contributed by atoms with Crippen molar-refractivity contribution in [2.24, 2.45) is 0 Å². The largest absolute Gasteiger partial charge is 0.465 e. The maximum absolute atomic E-state index is 14.1. The van der Waals surface area contributed by atoms with Gasteiger partial charge in [-0.1, -0.05) is 54.6 Å². The maximum atomic E-state index is 14.1. The number of hydrogen-bond acceptors (Lipinski definition) is 4. The Bertz CT molecular complexity index is 1380. The minimum atomic E-state index is -0.717. The number of rotatable bonds is 7. The van der Waals surface area contributed by atoms with Crippen LogP contribution < -0.4 is 0 Å². The molecule has 4 nitrogen and oxygen atoms in total. The minimum Gasteiger partial charge on any atom is -0.465 e. The Labute approximate surface area is 204 Å². The van der Waals surface area contributed by atoms with Gasteiger partial charge in [0, 0.05) is 29.8 Å². The van der Waals surface area contributed by atoms with Crippen molar-refractivity contribution in [3.63, 3.8) is 0 Å². The monoisotopic (exact) mass is 467 g/mol. The number of esters is 1. The Hall–Kier alpha value is -4.12. The van der Waals surface area contributed by atoms with Crippen LogP contribution in [-0.2, 0) is 4.74 Å². The molecular weight excluding hydrogens is 441 g/mol. The fraction of sp³-hybridized carbons (Fsp3) is 0.167. The summed E-state index contributed by atoms with van der Waals surface area (Å²) in [6, 6.07) is 23.8. The summed E-state index contributed by atoms with van der Waals surface area (Å²) in [5, 5.41) is 0. The topological polar surface area (TPSA) is 56.3 Å². The zero-order chi connectivity index (χ0) is 24.9. The number of hydrogen-bond donors (Lipinski definition) is 0. The van der Waals surface area contributed by atoms with Gasteiger partial charge >= 0.3 is 5.97 Å². The number of pyridine rings is 1. The van der Waals surface area contributed by atoms with Crippen molar-refractivity contribution in [2.45, 2.75) is 26.2 Å². The van der Waals surface area contributed by atoms with Gasteiger partial charge in [-0.25, -0.2) is 9.18 Å². The number of nitrogens with zero attached hydrogens (tertiary/aromatic N) is 1. The van der Waals surface area contributed by atoms with E-state index in [0.717, 1.165) is 27.9 Å². The van der Waals surface area contributed by atoms with Crippen molar-refractivity contribution in [1.82, 2.24) is 4.98 Å². The van der Waals surface area contributed by atoms with E-state index < -0.39 is 11.8 Å². The summed E-state index contributed by atoms with van der Waals surface area (Å²) in [5.74, 6) is -1.42. The Morgan fingerprint density at radius 3 is 2.31 bits per heavy atom. The van der Waals surface area contributed by atoms with E-state index in [2.05, 4.69) is 15.8 Å². The standard InChI is InChI=1S/C30H26FNO3/c1-19-6-4-5-7-25(19)26(18-29(33)24-14-15-32-20(2)16-24)22-10-8-21(9-11-22)23-12-13-28(31)27(17-23)30(34)35-3/h4-17,26H,18H2,1-3H3. The lowest BCUT2D eigenvalue weighted by Crippen LogP contribution is -2.11. The van der Waals surface area contributed by atoms with Gasteiger partial charge in [0.1, 0.15) is 5.82 Å². The van der Waals surface area contributed by atoms with Gasteiger partial charge < -0.3 is 4.74 Å². The molecule has 1 heterocycles. The molecule has 0 aliphatic rings. The second kappa shape index (κ2) is 10.4. The maximum Gasteiger partial charge on any atom is 0.340 e. The van der Waals surface area contributed by atoms with Crippen LogP contribution in [0.1, 0.15) is 55.4 Å². The molecule has 0 radical (unpaired) electrons. The summed E-state index contributed by atoms with van der Waals surface area (Å²) >= 11 is 0. The van der Waals surface area contributed by atoms with Crippen LogP contribution in [0.3, 0.4) is 0 Å². The molecule has 4 rings (SSSR count). The van der Waals surface area contributed by atoms with E-state index in [4.69, 9.17) is 0 Å². The highest BCUT2D eigenvalue weighted by Crippen LogP contribution is 2.33. The van der Waals surface area contributed by atoms with Crippen LogP contribution in [0, 0.1) is 19.7 Å². The molecule has 0 fully saturated rings. The van der Waals surface area contributed by atoms with Gasteiger partial charge in [0.25, 0.3) is 0 Å². The molecule has 0 N–H and O–H groups in total. The van der Waals surface area contributed by atoms with E-state index in [0.29, 0.717) is 17.5 Å². The highest BCUT2D eigenvalue weighted by Gasteiger charge is 2.21. The molecule has 35 heavy (non-hydrogen) atoms. The fourth-order valence-electron chi connectivity index (χ4n) is 4.29. The van der Waals surface area contributed by atoms with Crippen molar-refractivity contribution in [1.29, 1.82) is 0 Å². The summed E-state index contributed by atoms with van der Waals surface area (Å²) in [6.45, 7) is 3.92. The number of aryl methyl sites for hydroxylation is 2. The minimum absolute atomic E-state index is 0.0501. The first-order chi connectivity index (χ1) is 16.9. The number of benzene rings is 3. The number of carbonyl (C=O) groups excluding carboxylic acids is 2. The van der Waals surface area contributed by atoms with Crippen molar-refractivity contribution < 1.29 is 18.7 Å². The number of methoxy groups -OCH3 is 1. The zero-order valence-corrected chi connectivity index (χ0v) is 19.9. The summed E-state index contributed by atoms with van der Waals surface area (Å²) in [5.41, 5.74) is 6.08. The van der Waals surface area contributed by atoms with Crippen molar-refractivity contribution in [3.05, 3.63) is 124 Å². The quantitative estimate of drug-likeness (QED) is 0.224. The van der Waals surface area contributed by atoms with Gasteiger partial charge in [0.2, 0.25) is 0 Å². The molecule has 1 atom stereocenters. The van der Waals surface area contributed by atoms with E-state index in [1.54, 1.807) is 18.3 Å². The molecule has 0 aliphatic heterocycles. The lowest BCUT2D eigenvalue weighted by Gasteiger charge is -2.20. The summed E-state index contributed by atoms with van der Waals surface area (Å²) < 4.78 is 18.8. The predicted molar refractivity (Wildman–Crippen MR) is 134 cm³/mol. The molecule has 176 valence electrons. The van der Waals surface area contributed by atoms with Gasteiger partial charge in [-0.2, -0.15) is 0 Å². The molecule has 3 aromatic carbocycles.